The summed E-state index contributed by atoms with van der Waals surface area (Å²) in [7, 11) is -3.87. The molecule has 0 aromatic carbocycles. The van der Waals surface area contributed by atoms with Gasteiger partial charge in [-0.25, -0.2) is 0 Å². The Balaban J connectivity index is 4.33. The highest BCUT2D eigenvalue weighted by molar-refractivity contribution is 7.85. The van der Waals surface area contributed by atoms with E-state index in [9.17, 15) is 8.42 Å². The zero-order valence-electron chi connectivity index (χ0n) is 7.79. The van der Waals surface area contributed by atoms with Crippen LogP contribution in [-0.2, 0) is 10.1 Å². The molecule has 0 atom stereocenters. The molecule has 0 aromatic rings. The van der Waals surface area contributed by atoms with Gasteiger partial charge in [-0.1, -0.05) is 19.4 Å². The Morgan fingerprint density at radius 2 is 1.92 bits per heavy atom. The van der Waals surface area contributed by atoms with Crippen molar-refractivity contribution in [2.75, 3.05) is 5.75 Å². The second kappa shape index (κ2) is 3.58. The van der Waals surface area contributed by atoms with Gasteiger partial charge in [0.1, 0.15) is 0 Å². The number of hydrogen-bond donors (Lipinski definition) is 1. The van der Waals surface area contributed by atoms with Crippen LogP contribution >= 0.6 is 0 Å². The number of rotatable bonds is 4. The first-order chi connectivity index (χ1) is 5.12. The van der Waals surface area contributed by atoms with Crippen LogP contribution in [0.25, 0.3) is 0 Å². The smallest absolute Gasteiger partial charge is 0.265 e. The van der Waals surface area contributed by atoms with Crippen molar-refractivity contribution < 1.29 is 13.0 Å². The van der Waals surface area contributed by atoms with Gasteiger partial charge in [-0.15, -0.1) is 6.58 Å². The van der Waals surface area contributed by atoms with E-state index in [0.717, 1.165) is 5.57 Å². The summed E-state index contributed by atoms with van der Waals surface area (Å²) < 4.78 is 29.7. The van der Waals surface area contributed by atoms with Gasteiger partial charge in [-0.3, -0.25) is 4.55 Å². The zero-order valence-corrected chi connectivity index (χ0v) is 8.61. The monoisotopic (exact) mass is 192 g/mol. The summed E-state index contributed by atoms with van der Waals surface area (Å²) in [6, 6.07) is 0. The molecule has 0 aromatic heterocycles. The average Bonchev–Trinajstić information content (AvgIpc) is 1.48. The van der Waals surface area contributed by atoms with Crippen molar-refractivity contribution in [1.82, 2.24) is 0 Å². The highest BCUT2D eigenvalue weighted by Gasteiger charge is 2.24. The molecular weight excluding hydrogens is 176 g/mol. The molecule has 0 saturated carbocycles. The van der Waals surface area contributed by atoms with E-state index in [0.29, 0.717) is 6.42 Å². The molecule has 3 nitrogen and oxygen atoms in total. The lowest BCUT2D eigenvalue weighted by Gasteiger charge is -2.22. The average molecular weight is 192 g/mol. The van der Waals surface area contributed by atoms with Crippen molar-refractivity contribution in [2.24, 2.45) is 5.41 Å². The first-order valence-corrected chi connectivity index (χ1v) is 5.33. The third kappa shape index (κ3) is 6.37. The van der Waals surface area contributed by atoms with Crippen molar-refractivity contribution >= 4 is 10.1 Å². The third-order valence-corrected chi connectivity index (χ3v) is 2.50. The Bertz CT molecular complexity index is 262. The molecule has 72 valence electrons. The van der Waals surface area contributed by atoms with Gasteiger partial charge in [0.05, 0.1) is 5.75 Å². The molecule has 12 heavy (non-hydrogen) atoms. The van der Waals surface area contributed by atoms with E-state index in [4.69, 9.17) is 4.55 Å². The second-order valence-corrected chi connectivity index (χ2v) is 5.48. The molecule has 0 aliphatic rings. The van der Waals surface area contributed by atoms with E-state index < -0.39 is 15.5 Å². The van der Waals surface area contributed by atoms with Crippen molar-refractivity contribution in [1.29, 1.82) is 0 Å². The predicted molar refractivity (Wildman–Crippen MR) is 49.6 cm³/mol. The van der Waals surface area contributed by atoms with Crippen molar-refractivity contribution in [3.05, 3.63) is 12.2 Å². The summed E-state index contributed by atoms with van der Waals surface area (Å²) in [6.07, 6.45) is 0.604. The molecular formula is C8H16O3S. The summed E-state index contributed by atoms with van der Waals surface area (Å²) in [5, 5.41) is 0. The SMILES string of the molecule is C=C(C)CC(C)(C)CS(=O)(=O)O. The van der Waals surface area contributed by atoms with Gasteiger partial charge in [0.15, 0.2) is 0 Å². The summed E-state index contributed by atoms with van der Waals surface area (Å²) in [5.41, 5.74) is 0.489. The van der Waals surface area contributed by atoms with Gasteiger partial charge in [-0.05, 0) is 18.8 Å². The quantitative estimate of drug-likeness (QED) is 0.546. The molecule has 0 unspecified atom stereocenters. The van der Waals surface area contributed by atoms with Gasteiger partial charge in [-0.2, -0.15) is 8.42 Å². The van der Waals surface area contributed by atoms with Crippen LogP contribution in [0.4, 0.5) is 0 Å². The predicted octanol–water partition coefficient (Wildman–Crippen LogP) is 1.87. The Morgan fingerprint density at radius 1 is 1.50 bits per heavy atom. The highest BCUT2D eigenvalue weighted by atomic mass is 32.2. The maximum atomic E-state index is 10.6. The van der Waals surface area contributed by atoms with Crippen molar-refractivity contribution in [3.63, 3.8) is 0 Å². The Morgan fingerprint density at radius 3 is 2.17 bits per heavy atom. The summed E-state index contributed by atoms with van der Waals surface area (Å²) in [5.74, 6) is -0.215. The molecule has 0 saturated heterocycles. The Labute approximate surface area is 74.2 Å². The highest BCUT2D eigenvalue weighted by Crippen LogP contribution is 2.25. The fourth-order valence-corrected chi connectivity index (χ4v) is 2.45. The molecule has 0 bridgehead atoms. The zero-order chi connectivity index (χ0) is 9.99. The summed E-state index contributed by atoms with van der Waals surface area (Å²) in [6.45, 7) is 9.11. The van der Waals surface area contributed by atoms with Crippen molar-refractivity contribution in [2.45, 2.75) is 27.2 Å². The lowest BCUT2D eigenvalue weighted by atomic mass is 9.89. The van der Waals surface area contributed by atoms with E-state index in [1.54, 1.807) is 13.8 Å². The molecule has 0 radical (unpaired) electrons. The molecule has 0 aliphatic carbocycles. The molecule has 1 N–H and O–H groups in total. The molecule has 0 rings (SSSR count). The summed E-state index contributed by atoms with van der Waals surface area (Å²) >= 11 is 0. The van der Waals surface area contributed by atoms with E-state index in [1.165, 1.54) is 0 Å². The van der Waals surface area contributed by atoms with Crippen LogP contribution in [0.1, 0.15) is 27.2 Å². The largest absolute Gasteiger partial charge is 0.286 e. The van der Waals surface area contributed by atoms with Gasteiger partial charge >= 0.3 is 0 Å². The minimum Gasteiger partial charge on any atom is -0.286 e. The van der Waals surface area contributed by atoms with Crippen LogP contribution in [0.3, 0.4) is 0 Å². The molecule has 0 aliphatic heterocycles. The van der Waals surface area contributed by atoms with Crippen LogP contribution in [0, 0.1) is 5.41 Å². The minimum atomic E-state index is -3.87. The van der Waals surface area contributed by atoms with E-state index in [2.05, 4.69) is 6.58 Å². The van der Waals surface area contributed by atoms with Gasteiger partial charge in [0.25, 0.3) is 10.1 Å². The normalized spacial score (nSPS) is 13.0. The fraction of sp³-hybridized carbons (Fsp3) is 0.750. The van der Waals surface area contributed by atoms with Gasteiger partial charge < -0.3 is 0 Å². The maximum Gasteiger partial charge on any atom is 0.265 e. The lowest BCUT2D eigenvalue weighted by Crippen LogP contribution is -2.23. The maximum absolute atomic E-state index is 10.6. The molecule has 0 amide bonds. The Kier molecular flexibility index (Phi) is 3.47. The fourth-order valence-electron chi connectivity index (χ4n) is 1.36. The molecule has 0 spiro atoms. The van der Waals surface area contributed by atoms with Crippen LogP contribution in [-0.4, -0.2) is 18.7 Å². The van der Waals surface area contributed by atoms with Gasteiger partial charge in [0, 0.05) is 0 Å². The van der Waals surface area contributed by atoms with Crippen LogP contribution < -0.4 is 0 Å². The minimum absolute atomic E-state index is 0.215. The number of allylic oxidation sites excluding steroid dienone is 1. The van der Waals surface area contributed by atoms with E-state index in [-0.39, 0.29) is 5.75 Å². The standard InChI is InChI=1S/C8H16O3S/c1-7(2)5-8(3,4)6-12(9,10)11/h1,5-6H2,2-4H3,(H,9,10,11). The molecule has 0 heterocycles. The Hall–Kier alpha value is -0.350. The first-order valence-electron chi connectivity index (χ1n) is 3.72. The third-order valence-electron chi connectivity index (χ3n) is 1.35. The number of hydrogen-bond acceptors (Lipinski definition) is 2. The topological polar surface area (TPSA) is 54.4 Å². The molecule has 0 fully saturated rings. The van der Waals surface area contributed by atoms with Crippen LogP contribution in [0.5, 0.6) is 0 Å². The lowest BCUT2D eigenvalue weighted by molar-refractivity contribution is 0.386. The second-order valence-electron chi connectivity index (χ2n) is 4.02. The van der Waals surface area contributed by atoms with E-state index in [1.807, 2.05) is 6.92 Å². The van der Waals surface area contributed by atoms with Crippen LogP contribution in [0.15, 0.2) is 12.2 Å². The summed E-state index contributed by atoms with van der Waals surface area (Å²) in [4.78, 5) is 0. The van der Waals surface area contributed by atoms with Crippen molar-refractivity contribution in [3.8, 4) is 0 Å². The van der Waals surface area contributed by atoms with E-state index >= 15 is 0 Å². The van der Waals surface area contributed by atoms with Crippen LogP contribution in [0.2, 0.25) is 0 Å². The molecule has 4 heteroatoms. The first kappa shape index (κ1) is 11.6. The van der Waals surface area contributed by atoms with Gasteiger partial charge in [0.2, 0.25) is 0 Å².